The SMILES string of the molecule is CO/N=C(\C(=O)N[C@@H]1C(=O)N2C(C(=O)O)=C(CSc3nc(=O)c(=O)[nH]n3C)CSC12)c1csc(N)n1.[Na+].[Na+]. The molecule has 0 bridgehead atoms. The van der Waals surface area contributed by atoms with Crippen LogP contribution in [0.2, 0.25) is 0 Å². The second kappa shape index (κ2) is 13.6. The van der Waals surface area contributed by atoms with E-state index in [1.165, 1.54) is 36.0 Å². The largest absolute Gasteiger partial charge is 1.00 e. The Labute approximate surface area is 270 Å². The normalized spacial score (nSPS) is 18.5. The number of nitrogens with zero attached hydrogens (tertiary/aromatic N) is 5. The summed E-state index contributed by atoms with van der Waals surface area (Å²) < 4.78 is 1.25. The Morgan fingerprint density at radius 3 is 2.66 bits per heavy atom. The molecule has 38 heavy (non-hydrogen) atoms. The molecule has 2 aromatic heterocycles. The third-order valence-corrected chi connectivity index (χ3v) is 8.15. The molecule has 2 aliphatic heterocycles. The number of thioether (sulfide) groups is 2. The molecule has 0 spiro atoms. The first-order valence-electron chi connectivity index (χ1n) is 9.96. The van der Waals surface area contributed by atoms with Gasteiger partial charge in [0.1, 0.15) is 29.9 Å². The number of hydrogen-bond acceptors (Lipinski definition) is 13. The van der Waals surface area contributed by atoms with E-state index in [1.54, 1.807) is 0 Å². The van der Waals surface area contributed by atoms with Gasteiger partial charge in [-0.15, -0.1) is 23.1 Å². The molecule has 4 rings (SSSR count). The number of carboxylic acid groups (broad SMARTS) is 1. The molecule has 0 saturated carbocycles. The van der Waals surface area contributed by atoms with E-state index in [-0.39, 0.29) is 98.0 Å². The molecule has 20 heteroatoms. The van der Waals surface area contributed by atoms with Crippen LogP contribution in [0.1, 0.15) is 5.69 Å². The number of amides is 2. The quantitative estimate of drug-likeness (QED) is 0.0555. The summed E-state index contributed by atoms with van der Waals surface area (Å²) in [6.45, 7) is 0. The van der Waals surface area contributed by atoms with Gasteiger partial charge in [-0.05, 0) is 5.57 Å². The number of carbonyl (C=O) groups excluding carboxylic acids is 2. The first-order valence-corrected chi connectivity index (χ1v) is 12.9. The number of rotatable bonds is 8. The number of hydrogen-bond donors (Lipinski definition) is 4. The van der Waals surface area contributed by atoms with E-state index < -0.39 is 40.3 Å². The number of carboxylic acids is 1. The summed E-state index contributed by atoms with van der Waals surface area (Å²) in [5.41, 5.74) is 4.00. The van der Waals surface area contributed by atoms with E-state index in [0.29, 0.717) is 5.57 Å². The Hall–Kier alpha value is -1.64. The average molecular weight is 601 g/mol. The van der Waals surface area contributed by atoms with Crippen LogP contribution in [0.4, 0.5) is 5.13 Å². The van der Waals surface area contributed by atoms with Crippen LogP contribution in [0.3, 0.4) is 0 Å². The number of aromatic nitrogens is 4. The molecule has 4 heterocycles. The molecule has 0 aromatic carbocycles. The van der Waals surface area contributed by atoms with Gasteiger partial charge in [-0.2, -0.15) is 4.98 Å². The van der Waals surface area contributed by atoms with Crippen LogP contribution in [-0.4, -0.2) is 83.3 Å². The summed E-state index contributed by atoms with van der Waals surface area (Å²) in [4.78, 5) is 74.3. The summed E-state index contributed by atoms with van der Waals surface area (Å²) in [5.74, 6) is -2.30. The van der Waals surface area contributed by atoms with Crippen molar-refractivity contribution in [2.24, 2.45) is 12.2 Å². The van der Waals surface area contributed by atoms with Gasteiger partial charge in [0.05, 0.1) is 0 Å². The van der Waals surface area contributed by atoms with Gasteiger partial charge in [0.25, 0.3) is 11.8 Å². The van der Waals surface area contributed by atoms with Crippen molar-refractivity contribution in [2.45, 2.75) is 16.6 Å². The zero-order valence-corrected chi connectivity index (χ0v) is 27.0. The van der Waals surface area contributed by atoms with E-state index in [2.05, 4.69) is 25.5 Å². The second-order valence-corrected chi connectivity index (χ2v) is 10.2. The number of carbonyl (C=O) groups is 3. The molecule has 1 unspecified atom stereocenters. The fraction of sp³-hybridized carbons (Fsp3) is 0.333. The Morgan fingerprint density at radius 2 is 2.05 bits per heavy atom. The first kappa shape index (κ1) is 32.6. The van der Waals surface area contributed by atoms with Gasteiger partial charge in [0.15, 0.2) is 16.0 Å². The van der Waals surface area contributed by atoms with Crippen LogP contribution >= 0.6 is 34.9 Å². The average Bonchev–Trinajstić information content (AvgIpc) is 3.27. The van der Waals surface area contributed by atoms with Crippen molar-refractivity contribution in [1.82, 2.24) is 30.0 Å². The van der Waals surface area contributed by atoms with Gasteiger partial charge in [0.2, 0.25) is 0 Å². The minimum absolute atomic E-state index is 0. The number of nitrogens with two attached hydrogens (primary N) is 1. The molecule has 1 fully saturated rings. The van der Waals surface area contributed by atoms with Crippen molar-refractivity contribution in [3.05, 3.63) is 43.1 Å². The molecule has 15 nitrogen and oxygen atoms in total. The van der Waals surface area contributed by atoms with Crippen molar-refractivity contribution in [1.29, 1.82) is 0 Å². The van der Waals surface area contributed by atoms with Crippen LogP contribution in [0, 0.1) is 0 Å². The molecule has 190 valence electrons. The van der Waals surface area contributed by atoms with E-state index in [9.17, 15) is 29.1 Å². The van der Waals surface area contributed by atoms with E-state index in [0.717, 1.165) is 28.0 Å². The third-order valence-electron chi connectivity index (χ3n) is 5.02. The van der Waals surface area contributed by atoms with Crippen LogP contribution in [-0.2, 0) is 26.3 Å². The predicted molar refractivity (Wildman–Crippen MR) is 131 cm³/mol. The first-order chi connectivity index (χ1) is 17.1. The fourth-order valence-electron chi connectivity index (χ4n) is 3.44. The molecular weight excluding hydrogens is 582 g/mol. The maximum Gasteiger partial charge on any atom is 1.00 e. The summed E-state index contributed by atoms with van der Waals surface area (Å²) in [6, 6.07) is -0.995. The Kier molecular flexibility index (Phi) is 11.7. The van der Waals surface area contributed by atoms with Crippen LogP contribution in [0.15, 0.2) is 36.6 Å². The van der Waals surface area contributed by atoms with Crippen molar-refractivity contribution in [2.75, 3.05) is 24.3 Å². The van der Waals surface area contributed by atoms with Gasteiger partial charge in [-0.25, -0.2) is 9.78 Å². The smallest absolute Gasteiger partial charge is 0.477 e. The van der Waals surface area contributed by atoms with Crippen LogP contribution in [0.5, 0.6) is 0 Å². The zero-order valence-electron chi connectivity index (χ0n) is 20.6. The number of oxime groups is 1. The fourth-order valence-corrected chi connectivity index (χ4v) is 6.39. The number of aryl methyl sites for hydroxylation is 1. The summed E-state index contributed by atoms with van der Waals surface area (Å²) >= 11 is 3.41. The maximum atomic E-state index is 12.9. The molecule has 2 aliphatic rings. The number of anilines is 1. The number of thiazole rings is 1. The van der Waals surface area contributed by atoms with E-state index in [1.807, 2.05) is 0 Å². The number of fused-ring (bicyclic) bond motifs is 1. The molecule has 2 aromatic rings. The molecule has 0 aliphatic carbocycles. The minimum Gasteiger partial charge on any atom is -0.477 e. The van der Waals surface area contributed by atoms with Crippen molar-refractivity contribution in [3.63, 3.8) is 0 Å². The number of aromatic amines is 1. The van der Waals surface area contributed by atoms with Gasteiger partial charge in [-0.3, -0.25) is 33.9 Å². The van der Waals surface area contributed by atoms with Gasteiger partial charge < -0.3 is 21.0 Å². The van der Waals surface area contributed by atoms with Gasteiger partial charge in [0, 0.05) is 23.9 Å². The molecule has 0 radical (unpaired) electrons. The molecular formula is C18H18N8Na2O7S3+2. The van der Waals surface area contributed by atoms with Crippen LogP contribution in [0.25, 0.3) is 0 Å². The van der Waals surface area contributed by atoms with Gasteiger partial charge in [-0.1, -0.05) is 16.9 Å². The Morgan fingerprint density at radius 1 is 1.34 bits per heavy atom. The summed E-state index contributed by atoms with van der Waals surface area (Å²) in [5, 5.41) is 19.6. The monoisotopic (exact) mass is 600 g/mol. The maximum absolute atomic E-state index is 12.9. The zero-order chi connectivity index (χ0) is 26.1. The van der Waals surface area contributed by atoms with Gasteiger partial charge >= 0.3 is 76.2 Å². The number of β-lactam (4-membered cyclic amide) rings is 1. The second-order valence-electron chi connectivity index (χ2n) is 7.30. The van der Waals surface area contributed by atoms with Crippen molar-refractivity contribution in [3.8, 4) is 0 Å². The number of nitrogens with one attached hydrogen (secondary N) is 2. The summed E-state index contributed by atoms with van der Waals surface area (Å²) in [7, 11) is 2.74. The number of nitrogen functional groups attached to an aromatic ring is 1. The van der Waals surface area contributed by atoms with E-state index >= 15 is 0 Å². The minimum atomic E-state index is -1.31. The predicted octanol–water partition coefficient (Wildman–Crippen LogP) is -7.60. The van der Waals surface area contributed by atoms with Crippen LogP contribution < -0.4 is 81.3 Å². The van der Waals surface area contributed by atoms with Crippen molar-refractivity contribution < 1.29 is 83.4 Å². The Bertz CT molecular complexity index is 1440. The third kappa shape index (κ3) is 6.56. The van der Waals surface area contributed by atoms with E-state index in [4.69, 9.17) is 10.6 Å². The molecule has 2 atom stereocenters. The molecule has 5 N–H and O–H groups in total. The molecule has 2 amide bonds. The Balaban J connectivity index is 0.00000253. The number of aliphatic carboxylic acids is 1. The topological polar surface area (TPSA) is 215 Å². The molecule has 1 saturated heterocycles. The van der Waals surface area contributed by atoms with Crippen molar-refractivity contribution >= 4 is 63.5 Å². The standard InChI is InChI=1S/C18H18N8O7S3.2Na/c1-25-18(22-12(28)13(29)23-25)36-4-6-3-34-15-9(14(30)26(15)10(6)16(31)32)21-11(27)8(24-33-2)7-5-35-17(19)20-7;;/h5,9,15H,3-4H2,1-2H3,(H2,19,20)(H,21,27)(H,23,29)(H,31,32);;/q;2*+1/b24-8-;;/t9-,15?;;/m1../s1. The summed E-state index contributed by atoms with van der Waals surface area (Å²) in [6.07, 6.45) is 0. The number of H-pyrrole nitrogens is 1.